The number of carboxylic acid groups (broad SMARTS) is 1. The molecule has 0 radical (unpaired) electrons. The number of carboxylic acids is 1. The third kappa shape index (κ3) is 3.10. The fourth-order valence-corrected chi connectivity index (χ4v) is 4.69. The number of aromatic amines is 1. The first kappa shape index (κ1) is 17.7. The number of fused-ring (bicyclic) bond motifs is 3. The van der Waals surface area contributed by atoms with Crippen LogP contribution in [0.4, 0.5) is 0 Å². The SMILES string of the molecule is CSc1c(C(Cc2ccccc2)C(=O)O)cc(C)c2c1[nH]c1ccccc12. The van der Waals surface area contributed by atoms with Gasteiger partial charge < -0.3 is 10.1 Å². The highest BCUT2D eigenvalue weighted by Crippen LogP contribution is 2.40. The maximum atomic E-state index is 12.2. The van der Waals surface area contributed by atoms with E-state index in [2.05, 4.69) is 30.1 Å². The standard InChI is InChI=1S/C23H21NO2S/c1-14-12-17(18(23(25)26)13-15-8-4-3-5-9-15)22(27-2)21-20(14)16-10-6-7-11-19(16)24-21/h3-12,18,24H,13H2,1-2H3,(H,25,26). The largest absolute Gasteiger partial charge is 0.481 e. The van der Waals surface area contributed by atoms with Gasteiger partial charge in [0.1, 0.15) is 0 Å². The molecule has 0 aliphatic heterocycles. The van der Waals surface area contributed by atoms with Gasteiger partial charge >= 0.3 is 5.97 Å². The molecule has 27 heavy (non-hydrogen) atoms. The predicted octanol–water partition coefficient (Wildman–Crippen LogP) is 5.76. The van der Waals surface area contributed by atoms with Gasteiger partial charge in [-0.1, -0.05) is 54.6 Å². The van der Waals surface area contributed by atoms with E-state index in [1.807, 2.05) is 48.7 Å². The van der Waals surface area contributed by atoms with Gasteiger partial charge in [0.05, 0.1) is 11.4 Å². The highest BCUT2D eigenvalue weighted by molar-refractivity contribution is 7.98. The number of benzene rings is 3. The highest BCUT2D eigenvalue weighted by atomic mass is 32.2. The minimum absolute atomic E-state index is 0.481. The van der Waals surface area contributed by atoms with E-state index in [9.17, 15) is 9.90 Å². The Morgan fingerprint density at radius 1 is 1.11 bits per heavy atom. The summed E-state index contributed by atoms with van der Waals surface area (Å²) in [7, 11) is 0. The number of H-pyrrole nitrogens is 1. The van der Waals surface area contributed by atoms with Crippen LogP contribution in [0.5, 0.6) is 0 Å². The van der Waals surface area contributed by atoms with E-state index in [-0.39, 0.29) is 0 Å². The molecule has 0 saturated heterocycles. The van der Waals surface area contributed by atoms with E-state index in [1.54, 1.807) is 11.8 Å². The first-order valence-corrected chi connectivity index (χ1v) is 10.2. The summed E-state index contributed by atoms with van der Waals surface area (Å²) in [4.78, 5) is 16.7. The smallest absolute Gasteiger partial charge is 0.311 e. The third-order valence-electron chi connectivity index (χ3n) is 5.12. The quantitative estimate of drug-likeness (QED) is 0.436. The number of para-hydroxylation sites is 1. The molecule has 0 aliphatic rings. The lowest BCUT2D eigenvalue weighted by molar-refractivity contribution is -0.138. The molecular weight excluding hydrogens is 354 g/mol. The Labute approximate surface area is 162 Å². The molecule has 3 nitrogen and oxygen atoms in total. The van der Waals surface area contributed by atoms with Crippen molar-refractivity contribution in [2.24, 2.45) is 0 Å². The zero-order chi connectivity index (χ0) is 19.0. The van der Waals surface area contributed by atoms with Crippen molar-refractivity contribution in [3.05, 3.63) is 77.4 Å². The van der Waals surface area contributed by atoms with Crippen molar-refractivity contribution in [3.63, 3.8) is 0 Å². The first-order valence-electron chi connectivity index (χ1n) is 8.94. The van der Waals surface area contributed by atoms with Crippen molar-refractivity contribution in [2.75, 3.05) is 6.26 Å². The third-order valence-corrected chi connectivity index (χ3v) is 5.97. The number of nitrogens with one attached hydrogen (secondary N) is 1. The number of thioether (sulfide) groups is 1. The molecule has 1 atom stereocenters. The molecule has 4 rings (SSSR count). The van der Waals surface area contributed by atoms with Crippen LogP contribution in [0.3, 0.4) is 0 Å². The first-order chi connectivity index (χ1) is 13.1. The van der Waals surface area contributed by atoms with Gasteiger partial charge in [-0.3, -0.25) is 4.79 Å². The van der Waals surface area contributed by atoms with Crippen LogP contribution in [-0.2, 0) is 11.2 Å². The number of aliphatic carboxylic acids is 1. The number of aryl methyl sites for hydroxylation is 1. The number of hydrogen-bond donors (Lipinski definition) is 2. The topological polar surface area (TPSA) is 53.1 Å². The van der Waals surface area contributed by atoms with Crippen molar-refractivity contribution in [1.29, 1.82) is 0 Å². The van der Waals surface area contributed by atoms with Crippen LogP contribution in [-0.4, -0.2) is 22.3 Å². The summed E-state index contributed by atoms with van der Waals surface area (Å²) in [5, 5.41) is 12.4. The van der Waals surface area contributed by atoms with Gasteiger partial charge in [0.15, 0.2) is 0 Å². The van der Waals surface area contributed by atoms with E-state index in [1.165, 1.54) is 10.8 Å². The molecule has 0 saturated carbocycles. The van der Waals surface area contributed by atoms with Gasteiger partial charge in [-0.15, -0.1) is 11.8 Å². The minimum atomic E-state index is -0.788. The summed E-state index contributed by atoms with van der Waals surface area (Å²) in [5.41, 5.74) is 5.15. The Balaban J connectivity index is 1.94. The molecule has 1 heterocycles. The van der Waals surface area contributed by atoms with E-state index in [4.69, 9.17) is 0 Å². The normalized spacial score (nSPS) is 12.5. The summed E-state index contributed by atoms with van der Waals surface area (Å²) in [6, 6.07) is 20.1. The van der Waals surface area contributed by atoms with Gasteiger partial charge in [-0.25, -0.2) is 0 Å². The van der Waals surface area contributed by atoms with Crippen molar-refractivity contribution in [1.82, 2.24) is 4.98 Å². The van der Waals surface area contributed by atoms with Crippen molar-refractivity contribution in [2.45, 2.75) is 24.2 Å². The van der Waals surface area contributed by atoms with Crippen molar-refractivity contribution >= 4 is 39.5 Å². The monoisotopic (exact) mass is 375 g/mol. The van der Waals surface area contributed by atoms with E-state index in [0.29, 0.717) is 6.42 Å². The van der Waals surface area contributed by atoms with Gasteiger partial charge in [-0.05, 0) is 42.4 Å². The Morgan fingerprint density at radius 3 is 2.52 bits per heavy atom. The van der Waals surface area contributed by atoms with E-state index < -0.39 is 11.9 Å². The number of rotatable bonds is 5. The average molecular weight is 375 g/mol. The fraction of sp³-hybridized carbons (Fsp3) is 0.174. The van der Waals surface area contributed by atoms with Gasteiger partial charge in [0.2, 0.25) is 0 Å². The molecule has 0 fully saturated rings. The van der Waals surface area contributed by atoms with Crippen LogP contribution in [0.2, 0.25) is 0 Å². The maximum absolute atomic E-state index is 12.2. The predicted molar refractivity (Wildman–Crippen MR) is 113 cm³/mol. The van der Waals surface area contributed by atoms with Crippen molar-refractivity contribution < 1.29 is 9.90 Å². The Bertz CT molecular complexity index is 1130. The molecule has 0 spiro atoms. The fourth-order valence-electron chi connectivity index (χ4n) is 3.90. The second-order valence-corrected chi connectivity index (χ2v) is 7.63. The summed E-state index contributed by atoms with van der Waals surface area (Å²) in [6.45, 7) is 2.07. The molecule has 136 valence electrons. The maximum Gasteiger partial charge on any atom is 0.311 e. The van der Waals surface area contributed by atoms with E-state index >= 15 is 0 Å². The van der Waals surface area contributed by atoms with Crippen LogP contribution in [0.25, 0.3) is 21.8 Å². The second-order valence-electron chi connectivity index (χ2n) is 6.82. The summed E-state index contributed by atoms with van der Waals surface area (Å²) in [6.07, 6.45) is 2.50. The van der Waals surface area contributed by atoms with Gasteiger partial charge in [-0.2, -0.15) is 0 Å². The second kappa shape index (κ2) is 7.12. The number of carbonyl (C=O) groups is 1. The van der Waals surface area contributed by atoms with Crippen LogP contribution < -0.4 is 0 Å². The molecule has 0 bridgehead atoms. The molecule has 4 heteroatoms. The molecule has 3 aromatic carbocycles. The summed E-state index contributed by atoms with van der Waals surface area (Å²) in [5.74, 6) is -1.37. The molecule has 0 amide bonds. The Hall–Kier alpha value is -2.72. The van der Waals surface area contributed by atoms with Gasteiger partial charge in [0, 0.05) is 21.2 Å². The molecule has 2 N–H and O–H groups in total. The lowest BCUT2D eigenvalue weighted by Crippen LogP contribution is -2.16. The lowest BCUT2D eigenvalue weighted by atomic mass is 9.89. The Kier molecular flexibility index (Phi) is 4.66. The lowest BCUT2D eigenvalue weighted by Gasteiger charge is -2.18. The average Bonchev–Trinajstić information content (AvgIpc) is 3.06. The molecule has 1 aromatic heterocycles. The zero-order valence-corrected chi connectivity index (χ0v) is 16.1. The molecule has 0 aliphatic carbocycles. The van der Waals surface area contributed by atoms with Crippen LogP contribution in [0, 0.1) is 6.92 Å². The molecule has 4 aromatic rings. The number of aromatic nitrogens is 1. The minimum Gasteiger partial charge on any atom is -0.481 e. The number of hydrogen-bond acceptors (Lipinski definition) is 2. The van der Waals surface area contributed by atoms with Crippen LogP contribution in [0.15, 0.2) is 65.6 Å². The summed E-state index contributed by atoms with van der Waals surface area (Å²) < 4.78 is 0. The molecule has 1 unspecified atom stereocenters. The zero-order valence-electron chi connectivity index (χ0n) is 15.3. The van der Waals surface area contributed by atoms with Gasteiger partial charge in [0.25, 0.3) is 0 Å². The Morgan fingerprint density at radius 2 is 1.81 bits per heavy atom. The van der Waals surface area contributed by atoms with Crippen molar-refractivity contribution in [3.8, 4) is 0 Å². The van der Waals surface area contributed by atoms with Crippen LogP contribution >= 0.6 is 11.8 Å². The van der Waals surface area contributed by atoms with Crippen LogP contribution in [0.1, 0.15) is 22.6 Å². The summed E-state index contributed by atoms with van der Waals surface area (Å²) >= 11 is 1.61. The van der Waals surface area contributed by atoms with E-state index in [0.717, 1.165) is 32.6 Å². The molecular formula is C23H21NO2S. The highest BCUT2D eigenvalue weighted by Gasteiger charge is 2.26.